The summed E-state index contributed by atoms with van der Waals surface area (Å²) in [6, 6.07) is 14.2. The van der Waals surface area contributed by atoms with E-state index in [-0.39, 0.29) is 0 Å². The maximum Gasteiger partial charge on any atom is 0.321 e. The summed E-state index contributed by atoms with van der Waals surface area (Å²) >= 11 is 0. The largest absolute Gasteiger partial charge is 0.480 e. The molecule has 1 N–H and O–H groups in total. The van der Waals surface area contributed by atoms with Crippen LogP contribution in [0.4, 0.5) is 5.69 Å². The predicted molar refractivity (Wildman–Crippen MR) is 106 cm³/mol. The highest BCUT2D eigenvalue weighted by Crippen LogP contribution is 2.22. The fourth-order valence-corrected chi connectivity index (χ4v) is 4.03. The molecule has 0 saturated carbocycles. The smallest absolute Gasteiger partial charge is 0.321 e. The summed E-state index contributed by atoms with van der Waals surface area (Å²) in [5.74, 6) is -0.725. The molecule has 0 bridgehead atoms. The van der Waals surface area contributed by atoms with Gasteiger partial charge in [-0.05, 0) is 56.0 Å². The van der Waals surface area contributed by atoms with Crippen LogP contribution in [0.3, 0.4) is 0 Å². The lowest BCUT2D eigenvalue weighted by atomic mass is 9.93. The van der Waals surface area contributed by atoms with Crippen LogP contribution in [0, 0.1) is 20.8 Å². The van der Waals surface area contributed by atoms with Gasteiger partial charge in [0, 0.05) is 31.9 Å². The van der Waals surface area contributed by atoms with Gasteiger partial charge in [-0.15, -0.1) is 0 Å². The van der Waals surface area contributed by atoms with Crippen molar-refractivity contribution in [2.75, 3.05) is 31.1 Å². The normalized spacial score (nSPS) is 16.5. The van der Waals surface area contributed by atoms with Crippen molar-refractivity contribution in [2.24, 2.45) is 0 Å². The van der Waals surface area contributed by atoms with E-state index in [1.807, 2.05) is 18.2 Å². The van der Waals surface area contributed by atoms with E-state index in [4.69, 9.17) is 0 Å². The second-order valence-corrected chi connectivity index (χ2v) is 7.29. The van der Waals surface area contributed by atoms with Crippen molar-refractivity contribution in [3.8, 4) is 0 Å². The van der Waals surface area contributed by atoms with Crippen molar-refractivity contribution in [1.29, 1.82) is 0 Å². The van der Waals surface area contributed by atoms with Gasteiger partial charge in [0.25, 0.3) is 0 Å². The Bertz CT molecular complexity index is 742. The van der Waals surface area contributed by atoms with E-state index < -0.39 is 12.0 Å². The summed E-state index contributed by atoms with van der Waals surface area (Å²) in [6.07, 6.45) is 0.568. The molecule has 26 heavy (non-hydrogen) atoms. The molecule has 3 rings (SSSR count). The minimum atomic E-state index is -0.725. The Morgan fingerprint density at radius 3 is 2.12 bits per heavy atom. The van der Waals surface area contributed by atoms with Gasteiger partial charge >= 0.3 is 5.97 Å². The molecule has 1 aliphatic rings. The van der Waals surface area contributed by atoms with Crippen molar-refractivity contribution in [3.63, 3.8) is 0 Å². The van der Waals surface area contributed by atoms with Gasteiger partial charge in [0.05, 0.1) is 0 Å². The fraction of sp³-hybridized carbons (Fsp3) is 0.409. The Morgan fingerprint density at radius 1 is 1.00 bits per heavy atom. The molecule has 0 unspecified atom stereocenters. The molecular weight excluding hydrogens is 324 g/mol. The third-order valence-corrected chi connectivity index (χ3v) is 5.40. The van der Waals surface area contributed by atoms with Crippen LogP contribution in [0.5, 0.6) is 0 Å². The molecule has 0 aliphatic carbocycles. The van der Waals surface area contributed by atoms with Gasteiger partial charge in [0.15, 0.2) is 0 Å². The highest BCUT2D eigenvalue weighted by molar-refractivity contribution is 5.74. The number of aryl methyl sites for hydroxylation is 3. The average Bonchev–Trinajstić information content (AvgIpc) is 2.62. The molecule has 0 aromatic heterocycles. The van der Waals surface area contributed by atoms with Crippen molar-refractivity contribution >= 4 is 11.7 Å². The van der Waals surface area contributed by atoms with Crippen molar-refractivity contribution < 1.29 is 9.90 Å². The summed E-state index contributed by atoms with van der Waals surface area (Å²) in [7, 11) is 0. The van der Waals surface area contributed by atoms with Crippen LogP contribution in [0.2, 0.25) is 0 Å². The number of para-hydroxylation sites is 1. The SMILES string of the molecule is Cc1cc(C)c(C[C@H](C(=O)O)N2CCN(c3ccccc3)CC2)c(C)c1. The predicted octanol–water partition coefficient (Wildman–Crippen LogP) is 3.43. The number of hydrogen-bond donors (Lipinski definition) is 1. The molecule has 0 amide bonds. The Labute approximate surface area is 156 Å². The number of anilines is 1. The quantitative estimate of drug-likeness (QED) is 0.895. The van der Waals surface area contributed by atoms with E-state index in [0.717, 1.165) is 26.2 Å². The zero-order valence-electron chi connectivity index (χ0n) is 15.9. The molecule has 1 atom stereocenters. The summed E-state index contributed by atoms with van der Waals surface area (Å²) < 4.78 is 0. The maximum atomic E-state index is 12.0. The van der Waals surface area contributed by atoms with Crippen molar-refractivity contribution in [1.82, 2.24) is 4.90 Å². The number of benzene rings is 2. The minimum Gasteiger partial charge on any atom is -0.480 e. The average molecular weight is 352 g/mol. The molecule has 138 valence electrons. The lowest BCUT2D eigenvalue weighted by molar-refractivity contribution is -0.143. The van der Waals surface area contributed by atoms with E-state index in [0.29, 0.717) is 6.42 Å². The standard InChI is InChI=1S/C22H28N2O2/c1-16-13-17(2)20(18(3)14-16)15-21(22(25)26)24-11-9-23(10-12-24)19-7-5-4-6-8-19/h4-8,13-14,21H,9-12,15H2,1-3H3,(H,25,26)/t21-/m1/s1. The summed E-state index contributed by atoms with van der Waals surface area (Å²) in [5, 5.41) is 9.85. The number of carboxylic acid groups (broad SMARTS) is 1. The third kappa shape index (κ3) is 4.07. The molecule has 0 radical (unpaired) electrons. The highest BCUT2D eigenvalue weighted by atomic mass is 16.4. The van der Waals surface area contributed by atoms with E-state index in [1.165, 1.54) is 27.9 Å². The highest BCUT2D eigenvalue weighted by Gasteiger charge is 2.30. The fourth-order valence-electron chi connectivity index (χ4n) is 4.03. The first-order valence-corrected chi connectivity index (χ1v) is 9.29. The number of piperazine rings is 1. The van der Waals surface area contributed by atoms with E-state index >= 15 is 0 Å². The number of hydrogen-bond acceptors (Lipinski definition) is 3. The van der Waals surface area contributed by atoms with Crippen molar-refractivity contribution in [2.45, 2.75) is 33.2 Å². The first kappa shape index (κ1) is 18.5. The first-order valence-electron chi connectivity index (χ1n) is 9.29. The van der Waals surface area contributed by atoms with Gasteiger partial charge in [0.1, 0.15) is 6.04 Å². The number of carbonyl (C=O) groups is 1. The molecule has 1 saturated heterocycles. The minimum absolute atomic E-state index is 0.465. The number of carboxylic acids is 1. The van der Waals surface area contributed by atoms with Crippen LogP contribution in [-0.2, 0) is 11.2 Å². The van der Waals surface area contributed by atoms with Crippen LogP contribution in [0.1, 0.15) is 22.3 Å². The van der Waals surface area contributed by atoms with Gasteiger partial charge in [-0.3, -0.25) is 9.69 Å². The Kier molecular flexibility index (Phi) is 5.62. The number of rotatable bonds is 5. The van der Waals surface area contributed by atoms with Crippen molar-refractivity contribution in [3.05, 3.63) is 64.7 Å². The number of aliphatic carboxylic acids is 1. The van der Waals surface area contributed by atoms with Gasteiger partial charge in [0.2, 0.25) is 0 Å². The van der Waals surface area contributed by atoms with Gasteiger partial charge in [-0.1, -0.05) is 35.9 Å². The van der Waals surface area contributed by atoms with Gasteiger partial charge < -0.3 is 10.0 Å². The molecule has 4 heteroatoms. The van der Waals surface area contributed by atoms with E-state index in [9.17, 15) is 9.90 Å². The zero-order chi connectivity index (χ0) is 18.7. The summed E-state index contributed by atoms with van der Waals surface area (Å²) in [5.41, 5.74) is 6.00. The Balaban J connectivity index is 1.71. The van der Waals surface area contributed by atoms with Crippen LogP contribution >= 0.6 is 0 Å². The molecule has 1 heterocycles. The third-order valence-electron chi connectivity index (χ3n) is 5.40. The molecule has 4 nitrogen and oxygen atoms in total. The van der Waals surface area contributed by atoms with Gasteiger partial charge in [-0.25, -0.2) is 0 Å². The molecule has 1 aliphatic heterocycles. The molecule has 0 spiro atoms. The summed E-state index contributed by atoms with van der Waals surface area (Å²) in [6.45, 7) is 9.52. The zero-order valence-corrected chi connectivity index (χ0v) is 15.9. The second-order valence-electron chi connectivity index (χ2n) is 7.29. The van der Waals surface area contributed by atoms with Crippen LogP contribution in [0.15, 0.2) is 42.5 Å². The van der Waals surface area contributed by atoms with Gasteiger partial charge in [-0.2, -0.15) is 0 Å². The van der Waals surface area contributed by atoms with Crippen LogP contribution in [0.25, 0.3) is 0 Å². The molecule has 2 aromatic carbocycles. The monoisotopic (exact) mass is 352 g/mol. The van der Waals surface area contributed by atoms with Crippen LogP contribution in [-0.4, -0.2) is 48.2 Å². The van der Waals surface area contributed by atoms with E-state index in [2.05, 4.69) is 54.8 Å². The summed E-state index contributed by atoms with van der Waals surface area (Å²) in [4.78, 5) is 16.4. The van der Waals surface area contributed by atoms with E-state index in [1.54, 1.807) is 0 Å². The Hall–Kier alpha value is -2.33. The lowest BCUT2D eigenvalue weighted by Crippen LogP contribution is -2.53. The topological polar surface area (TPSA) is 43.8 Å². The molecule has 1 fully saturated rings. The molecule has 2 aromatic rings. The Morgan fingerprint density at radius 2 is 1.58 bits per heavy atom. The second kappa shape index (κ2) is 7.92. The lowest BCUT2D eigenvalue weighted by Gasteiger charge is -2.39. The molecular formula is C22H28N2O2. The number of nitrogens with zero attached hydrogens (tertiary/aromatic N) is 2. The van der Waals surface area contributed by atoms with Crippen LogP contribution < -0.4 is 4.90 Å². The maximum absolute atomic E-state index is 12.0. The first-order chi connectivity index (χ1) is 12.5.